The third-order valence-electron chi connectivity index (χ3n) is 3.27. The van der Waals surface area contributed by atoms with Crippen LogP contribution in [0.4, 0.5) is 5.82 Å². The molecular weight excluding hydrogens is 232 g/mol. The van der Waals surface area contributed by atoms with Crippen LogP contribution in [-0.2, 0) is 0 Å². The van der Waals surface area contributed by atoms with Gasteiger partial charge >= 0.3 is 5.69 Å². The van der Waals surface area contributed by atoms with Gasteiger partial charge in [-0.05, 0) is 25.8 Å². The molecule has 0 amide bonds. The lowest BCUT2D eigenvalue weighted by Gasteiger charge is -2.10. The van der Waals surface area contributed by atoms with Crippen molar-refractivity contribution in [1.29, 1.82) is 0 Å². The van der Waals surface area contributed by atoms with Crippen LogP contribution in [0.25, 0.3) is 5.65 Å². The maximum Gasteiger partial charge on any atom is 0.348 e. The summed E-state index contributed by atoms with van der Waals surface area (Å²) in [5, 5.41) is 13.0. The van der Waals surface area contributed by atoms with Crippen molar-refractivity contribution in [3.8, 4) is 0 Å². The number of H-pyrrole nitrogens is 1. The summed E-state index contributed by atoms with van der Waals surface area (Å²) in [4.78, 5) is 15.4. The van der Waals surface area contributed by atoms with Gasteiger partial charge in [0.1, 0.15) is 12.1 Å². The molecule has 0 saturated carbocycles. The van der Waals surface area contributed by atoms with Crippen LogP contribution in [0.5, 0.6) is 0 Å². The lowest BCUT2D eigenvalue weighted by Crippen LogP contribution is -2.24. The van der Waals surface area contributed by atoms with Gasteiger partial charge in [-0.25, -0.2) is 19.3 Å². The molecule has 0 aromatic carbocycles. The maximum atomic E-state index is 11.3. The molecule has 2 aromatic rings. The van der Waals surface area contributed by atoms with Crippen LogP contribution in [0, 0.1) is 0 Å². The third kappa shape index (κ3) is 2.21. The van der Waals surface area contributed by atoms with Crippen LogP contribution < -0.4 is 16.3 Å². The second kappa shape index (κ2) is 4.77. The Labute approximate surface area is 104 Å². The number of hydrogen-bond donors (Lipinski definition) is 3. The van der Waals surface area contributed by atoms with E-state index in [0.29, 0.717) is 11.7 Å². The largest absolute Gasteiger partial charge is 0.370 e. The Morgan fingerprint density at radius 3 is 3.33 bits per heavy atom. The summed E-state index contributed by atoms with van der Waals surface area (Å²) in [6.07, 6.45) is 5.09. The zero-order chi connectivity index (χ0) is 12.4. The van der Waals surface area contributed by atoms with Gasteiger partial charge in [0.25, 0.3) is 0 Å². The molecule has 0 bridgehead atoms. The molecule has 0 radical (unpaired) electrons. The van der Waals surface area contributed by atoms with Crippen LogP contribution in [-0.4, -0.2) is 38.7 Å². The second-order valence-electron chi connectivity index (χ2n) is 4.54. The molecule has 1 saturated heterocycles. The Morgan fingerprint density at radius 2 is 2.50 bits per heavy atom. The van der Waals surface area contributed by atoms with Gasteiger partial charge in [-0.2, -0.15) is 5.10 Å². The first kappa shape index (κ1) is 11.2. The molecule has 3 N–H and O–H groups in total. The summed E-state index contributed by atoms with van der Waals surface area (Å²) in [6, 6.07) is 2.38. The standard InChI is InChI=1S/C11H16N6O/c18-11-16-15-10-6-9(14-7-17(10)11)13-5-3-8-2-1-4-12-8/h6-8,12-13H,1-5H2,(H,16,18)/t8-/m0/s1. The van der Waals surface area contributed by atoms with Gasteiger partial charge in [0, 0.05) is 18.7 Å². The van der Waals surface area contributed by atoms with Gasteiger partial charge in [0.05, 0.1) is 0 Å². The fourth-order valence-electron chi connectivity index (χ4n) is 2.28. The average Bonchev–Trinajstić information content (AvgIpc) is 3.00. The molecule has 96 valence electrons. The number of fused-ring (bicyclic) bond motifs is 1. The van der Waals surface area contributed by atoms with E-state index in [1.165, 1.54) is 23.6 Å². The minimum absolute atomic E-state index is 0.265. The number of aromatic nitrogens is 4. The van der Waals surface area contributed by atoms with Gasteiger partial charge < -0.3 is 10.6 Å². The van der Waals surface area contributed by atoms with Crippen molar-refractivity contribution >= 4 is 11.5 Å². The Hall–Kier alpha value is -1.89. The third-order valence-corrected chi connectivity index (χ3v) is 3.27. The fraction of sp³-hybridized carbons (Fsp3) is 0.545. The monoisotopic (exact) mass is 248 g/mol. The predicted octanol–water partition coefficient (Wildman–Crippen LogP) is -0.0284. The quantitative estimate of drug-likeness (QED) is 0.707. The van der Waals surface area contributed by atoms with E-state index in [2.05, 4.69) is 25.8 Å². The summed E-state index contributed by atoms with van der Waals surface area (Å²) in [6.45, 7) is 2.00. The second-order valence-corrected chi connectivity index (χ2v) is 4.54. The summed E-state index contributed by atoms with van der Waals surface area (Å²) in [5.41, 5.74) is 0.315. The Bertz CT molecular complexity index is 582. The Kier molecular flexibility index (Phi) is 2.97. The summed E-state index contributed by atoms with van der Waals surface area (Å²) < 4.78 is 1.38. The molecule has 0 spiro atoms. The lowest BCUT2D eigenvalue weighted by molar-refractivity contribution is 0.574. The van der Waals surface area contributed by atoms with E-state index in [9.17, 15) is 4.79 Å². The first-order chi connectivity index (χ1) is 8.83. The van der Waals surface area contributed by atoms with E-state index in [1.807, 2.05) is 0 Å². The molecule has 3 rings (SSSR count). The number of nitrogens with one attached hydrogen (secondary N) is 3. The summed E-state index contributed by atoms with van der Waals surface area (Å²) in [5.74, 6) is 0.750. The molecular formula is C11H16N6O. The van der Waals surface area contributed by atoms with Gasteiger partial charge in [0.2, 0.25) is 0 Å². The Balaban J connectivity index is 1.62. The van der Waals surface area contributed by atoms with Crippen molar-refractivity contribution in [3.05, 3.63) is 22.9 Å². The molecule has 0 aliphatic carbocycles. The molecule has 3 heterocycles. The minimum Gasteiger partial charge on any atom is -0.370 e. The number of hydrogen-bond acceptors (Lipinski definition) is 5. The highest BCUT2D eigenvalue weighted by molar-refractivity contribution is 5.48. The van der Waals surface area contributed by atoms with Gasteiger partial charge in [0.15, 0.2) is 5.65 Å². The van der Waals surface area contributed by atoms with Crippen LogP contribution in [0.2, 0.25) is 0 Å². The van der Waals surface area contributed by atoms with E-state index in [1.54, 1.807) is 6.07 Å². The summed E-state index contributed by atoms with van der Waals surface area (Å²) >= 11 is 0. The zero-order valence-electron chi connectivity index (χ0n) is 10.0. The smallest absolute Gasteiger partial charge is 0.348 e. The highest BCUT2D eigenvalue weighted by Gasteiger charge is 2.13. The molecule has 0 unspecified atom stereocenters. The van der Waals surface area contributed by atoms with Crippen molar-refractivity contribution < 1.29 is 0 Å². The number of anilines is 1. The van der Waals surface area contributed by atoms with Gasteiger partial charge in [-0.3, -0.25) is 0 Å². The normalized spacial score (nSPS) is 19.4. The Morgan fingerprint density at radius 1 is 1.56 bits per heavy atom. The highest BCUT2D eigenvalue weighted by atomic mass is 16.1. The van der Waals surface area contributed by atoms with Crippen LogP contribution in [0.15, 0.2) is 17.2 Å². The number of nitrogens with zero attached hydrogens (tertiary/aromatic N) is 3. The molecule has 1 fully saturated rings. The fourth-order valence-corrected chi connectivity index (χ4v) is 2.28. The van der Waals surface area contributed by atoms with Crippen LogP contribution in [0.1, 0.15) is 19.3 Å². The molecule has 7 heteroatoms. The van der Waals surface area contributed by atoms with Gasteiger partial charge in [-0.1, -0.05) is 0 Å². The van der Waals surface area contributed by atoms with E-state index in [0.717, 1.165) is 25.3 Å². The van der Waals surface area contributed by atoms with Crippen molar-refractivity contribution in [2.24, 2.45) is 0 Å². The SMILES string of the molecule is O=c1[nH]nc2cc(NCC[C@@H]3CCCN3)ncn12. The van der Waals surface area contributed by atoms with Crippen molar-refractivity contribution in [2.45, 2.75) is 25.3 Å². The lowest BCUT2D eigenvalue weighted by atomic mass is 10.1. The molecule has 1 atom stereocenters. The first-order valence-electron chi connectivity index (χ1n) is 6.23. The van der Waals surface area contributed by atoms with Crippen LogP contribution in [0.3, 0.4) is 0 Å². The minimum atomic E-state index is -0.265. The van der Waals surface area contributed by atoms with Gasteiger partial charge in [-0.15, -0.1) is 0 Å². The number of aromatic amines is 1. The molecule has 18 heavy (non-hydrogen) atoms. The highest BCUT2D eigenvalue weighted by Crippen LogP contribution is 2.09. The van der Waals surface area contributed by atoms with E-state index in [4.69, 9.17) is 0 Å². The van der Waals surface area contributed by atoms with Crippen molar-refractivity contribution in [1.82, 2.24) is 24.9 Å². The molecule has 1 aliphatic heterocycles. The maximum absolute atomic E-state index is 11.3. The number of rotatable bonds is 4. The molecule has 7 nitrogen and oxygen atoms in total. The topological polar surface area (TPSA) is 87.1 Å². The van der Waals surface area contributed by atoms with Crippen molar-refractivity contribution in [3.63, 3.8) is 0 Å². The predicted molar refractivity (Wildman–Crippen MR) is 67.7 cm³/mol. The average molecular weight is 248 g/mol. The van der Waals surface area contributed by atoms with Crippen LogP contribution >= 0.6 is 0 Å². The van der Waals surface area contributed by atoms with E-state index < -0.39 is 0 Å². The molecule has 1 aliphatic rings. The summed E-state index contributed by atoms with van der Waals surface area (Å²) in [7, 11) is 0. The van der Waals surface area contributed by atoms with Crippen molar-refractivity contribution in [2.75, 3.05) is 18.4 Å². The first-order valence-corrected chi connectivity index (χ1v) is 6.23. The molecule has 2 aromatic heterocycles. The zero-order valence-corrected chi connectivity index (χ0v) is 10.0. The van der Waals surface area contributed by atoms with E-state index in [-0.39, 0.29) is 5.69 Å². The van der Waals surface area contributed by atoms with E-state index >= 15 is 0 Å².